The number of benzene rings is 2. The summed E-state index contributed by atoms with van der Waals surface area (Å²) in [5.41, 5.74) is 2.81. The molecule has 1 aliphatic rings. The Balaban J connectivity index is 1.47. The van der Waals surface area contributed by atoms with Crippen molar-refractivity contribution in [2.45, 2.75) is 38.5 Å². The lowest BCUT2D eigenvalue weighted by molar-refractivity contribution is -0.138. The summed E-state index contributed by atoms with van der Waals surface area (Å²) in [4.78, 5) is 45.1. The van der Waals surface area contributed by atoms with E-state index in [1.165, 1.54) is 9.58 Å². The highest BCUT2D eigenvalue weighted by atomic mass is 16.4. The Hall–Kier alpha value is -3.94. The zero-order valence-corrected chi connectivity index (χ0v) is 18.3. The van der Waals surface area contributed by atoms with Gasteiger partial charge in [0.2, 0.25) is 11.8 Å². The molecule has 1 aliphatic heterocycles. The van der Waals surface area contributed by atoms with Gasteiger partial charge in [0.05, 0.1) is 11.5 Å². The van der Waals surface area contributed by atoms with Crippen LogP contribution >= 0.6 is 0 Å². The van der Waals surface area contributed by atoms with Gasteiger partial charge in [0, 0.05) is 18.7 Å². The topological polar surface area (TPSA) is 101 Å². The fraction of sp³-hybridized carbons (Fsp3) is 0.280. The number of imide groups is 1. The first-order valence-corrected chi connectivity index (χ1v) is 11.1. The average molecular weight is 444 g/mol. The monoisotopic (exact) mass is 444 g/mol. The molecule has 8 nitrogen and oxygen atoms in total. The molecule has 1 unspecified atom stereocenters. The second-order valence-electron chi connectivity index (χ2n) is 8.23. The number of aromatic nitrogens is 3. The Morgan fingerprint density at radius 1 is 1.03 bits per heavy atom. The molecule has 168 valence electrons. The normalized spacial score (nSPS) is 16.3. The minimum atomic E-state index is -0.802. The highest BCUT2D eigenvalue weighted by molar-refractivity contribution is 6.06. The van der Waals surface area contributed by atoms with Gasteiger partial charge in [-0.1, -0.05) is 55.8 Å². The third-order valence-electron chi connectivity index (χ3n) is 6.04. The molecule has 0 aliphatic carbocycles. The SMILES string of the molecule is CCCc1[nH]n(-c2nc3ccccc3o2)c(=O)c1C1CC(=O)N(CCc2ccccc2)C1=O. The van der Waals surface area contributed by atoms with Crippen molar-refractivity contribution in [1.82, 2.24) is 19.7 Å². The van der Waals surface area contributed by atoms with Crippen LogP contribution in [-0.4, -0.2) is 38.0 Å². The second-order valence-corrected chi connectivity index (χ2v) is 8.23. The zero-order valence-electron chi connectivity index (χ0n) is 18.3. The van der Waals surface area contributed by atoms with Crippen molar-refractivity contribution in [1.29, 1.82) is 0 Å². The fourth-order valence-corrected chi connectivity index (χ4v) is 4.41. The highest BCUT2D eigenvalue weighted by Crippen LogP contribution is 2.31. The van der Waals surface area contributed by atoms with Gasteiger partial charge in [-0.25, -0.2) is 0 Å². The van der Waals surface area contributed by atoms with Crippen LogP contribution in [0.5, 0.6) is 0 Å². The lowest BCUT2D eigenvalue weighted by Gasteiger charge is -2.15. The largest absolute Gasteiger partial charge is 0.422 e. The van der Waals surface area contributed by atoms with Crippen molar-refractivity contribution < 1.29 is 14.0 Å². The summed E-state index contributed by atoms with van der Waals surface area (Å²) in [5.74, 6) is -1.38. The summed E-state index contributed by atoms with van der Waals surface area (Å²) >= 11 is 0. The molecule has 0 bridgehead atoms. The first kappa shape index (κ1) is 20.9. The molecule has 2 aromatic heterocycles. The van der Waals surface area contributed by atoms with Crippen molar-refractivity contribution >= 4 is 22.9 Å². The van der Waals surface area contributed by atoms with E-state index in [1.54, 1.807) is 12.1 Å². The number of H-pyrrole nitrogens is 1. The molecule has 1 atom stereocenters. The Bertz CT molecular complexity index is 1350. The van der Waals surface area contributed by atoms with Crippen molar-refractivity contribution in [2.24, 2.45) is 0 Å². The van der Waals surface area contributed by atoms with E-state index in [-0.39, 0.29) is 24.2 Å². The smallest absolute Gasteiger partial charge is 0.325 e. The zero-order chi connectivity index (χ0) is 22.9. The van der Waals surface area contributed by atoms with Gasteiger partial charge in [-0.2, -0.15) is 9.67 Å². The molecule has 0 spiro atoms. The lowest BCUT2D eigenvalue weighted by Crippen LogP contribution is -2.33. The number of hydrogen-bond donors (Lipinski definition) is 1. The van der Waals surface area contributed by atoms with E-state index in [0.29, 0.717) is 41.7 Å². The minimum absolute atomic E-state index is 0.00894. The number of nitrogens with one attached hydrogen (secondary N) is 1. The molecule has 1 N–H and O–H groups in total. The number of carbonyl (C=O) groups excluding carboxylic acids is 2. The third-order valence-corrected chi connectivity index (χ3v) is 6.04. The van der Waals surface area contributed by atoms with Crippen LogP contribution in [-0.2, 0) is 22.4 Å². The predicted octanol–water partition coefficient (Wildman–Crippen LogP) is 3.34. The van der Waals surface area contributed by atoms with E-state index >= 15 is 0 Å². The number of rotatable bonds is 7. The Labute approximate surface area is 189 Å². The van der Waals surface area contributed by atoms with E-state index in [2.05, 4.69) is 10.1 Å². The maximum Gasteiger partial charge on any atom is 0.325 e. The summed E-state index contributed by atoms with van der Waals surface area (Å²) in [6.45, 7) is 2.29. The molecule has 0 radical (unpaired) electrons. The van der Waals surface area contributed by atoms with Gasteiger partial charge in [0.25, 0.3) is 5.56 Å². The van der Waals surface area contributed by atoms with Crippen LogP contribution in [0.25, 0.3) is 17.1 Å². The molecule has 0 saturated carbocycles. The van der Waals surface area contributed by atoms with Gasteiger partial charge >= 0.3 is 6.01 Å². The Kier molecular flexibility index (Phi) is 5.42. The van der Waals surface area contributed by atoms with Gasteiger partial charge in [-0.05, 0) is 30.5 Å². The van der Waals surface area contributed by atoms with Crippen molar-refractivity contribution in [3.63, 3.8) is 0 Å². The van der Waals surface area contributed by atoms with Crippen molar-refractivity contribution in [2.75, 3.05) is 6.54 Å². The number of likely N-dealkylation sites (tertiary alicyclic amines) is 1. The molecule has 3 heterocycles. The van der Waals surface area contributed by atoms with Crippen LogP contribution in [0, 0.1) is 0 Å². The van der Waals surface area contributed by atoms with Crippen LogP contribution in [0.4, 0.5) is 0 Å². The molecule has 4 aromatic rings. The summed E-state index contributed by atoms with van der Waals surface area (Å²) in [6.07, 6.45) is 1.91. The summed E-state index contributed by atoms with van der Waals surface area (Å²) < 4.78 is 7.00. The van der Waals surface area contributed by atoms with Crippen LogP contribution in [0.3, 0.4) is 0 Å². The van der Waals surface area contributed by atoms with Crippen molar-refractivity contribution in [3.8, 4) is 6.01 Å². The highest BCUT2D eigenvalue weighted by Gasteiger charge is 2.42. The van der Waals surface area contributed by atoms with Crippen molar-refractivity contribution in [3.05, 3.63) is 81.8 Å². The molecule has 1 saturated heterocycles. The van der Waals surface area contributed by atoms with E-state index in [9.17, 15) is 14.4 Å². The van der Waals surface area contributed by atoms with E-state index in [0.717, 1.165) is 12.0 Å². The molecular weight excluding hydrogens is 420 g/mol. The number of fused-ring (bicyclic) bond motifs is 1. The van der Waals surface area contributed by atoms with Gasteiger partial charge in [-0.3, -0.25) is 24.4 Å². The summed E-state index contributed by atoms with van der Waals surface area (Å²) in [6, 6.07) is 17.1. The summed E-state index contributed by atoms with van der Waals surface area (Å²) in [7, 11) is 0. The maximum atomic E-state index is 13.4. The molecular formula is C25H24N4O4. The number of amides is 2. The van der Waals surface area contributed by atoms with E-state index < -0.39 is 11.5 Å². The second kappa shape index (κ2) is 8.54. The van der Waals surface area contributed by atoms with Gasteiger partial charge in [0.1, 0.15) is 5.52 Å². The van der Waals surface area contributed by atoms with E-state index in [4.69, 9.17) is 4.42 Å². The first-order chi connectivity index (χ1) is 16.1. The molecule has 5 rings (SSSR count). The van der Waals surface area contributed by atoms with Crippen LogP contribution < -0.4 is 5.56 Å². The number of oxazole rings is 1. The Morgan fingerprint density at radius 3 is 2.55 bits per heavy atom. The Morgan fingerprint density at radius 2 is 1.79 bits per heavy atom. The number of para-hydroxylation sites is 2. The van der Waals surface area contributed by atoms with Crippen LogP contribution in [0.15, 0.2) is 63.8 Å². The number of carbonyl (C=O) groups is 2. The standard InChI is InChI=1S/C25H24N4O4/c1-2-8-19-22(24(32)29(27-19)25-26-18-11-6-7-12-20(18)33-25)17-15-21(30)28(23(17)31)14-13-16-9-4-3-5-10-16/h3-7,9-12,17,27H,2,8,13-15H2,1H3. The number of hydrogen-bond acceptors (Lipinski definition) is 5. The molecule has 2 aromatic carbocycles. The number of aromatic amines is 1. The van der Waals surface area contributed by atoms with Gasteiger partial charge in [0.15, 0.2) is 5.58 Å². The maximum absolute atomic E-state index is 13.4. The molecule has 8 heteroatoms. The van der Waals surface area contributed by atoms with Gasteiger partial charge < -0.3 is 4.42 Å². The lowest BCUT2D eigenvalue weighted by atomic mass is 9.96. The quantitative estimate of drug-likeness (QED) is 0.441. The van der Waals surface area contributed by atoms with Crippen LogP contribution in [0.1, 0.15) is 42.5 Å². The predicted molar refractivity (Wildman–Crippen MR) is 122 cm³/mol. The first-order valence-electron chi connectivity index (χ1n) is 11.1. The number of aryl methyl sites for hydroxylation is 1. The molecule has 2 amide bonds. The van der Waals surface area contributed by atoms with Gasteiger partial charge in [-0.15, -0.1) is 0 Å². The minimum Gasteiger partial charge on any atom is -0.422 e. The fourth-order valence-electron chi connectivity index (χ4n) is 4.41. The van der Waals surface area contributed by atoms with E-state index in [1.807, 2.05) is 49.4 Å². The third kappa shape index (κ3) is 3.77. The molecule has 33 heavy (non-hydrogen) atoms. The number of nitrogens with zero attached hydrogens (tertiary/aromatic N) is 3. The van der Waals surface area contributed by atoms with Crippen LogP contribution in [0.2, 0.25) is 0 Å². The average Bonchev–Trinajstić information content (AvgIpc) is 3.47. The summed E-state index contributed by atoms with van der Waals surface area (Å²) in [5, 5.41) is 3.08. The molecule has 1 fully saturated rings.